The Morgan fingerprint density at radius 1 is 1.04 bits per heavy atom. The number of thioether (sulfide) groups is 1. The first-order chi connectivity index (χ1) is 11.7. The summed E-state index contributed by atoms with van der Waals surface area (Å²) in [4.78, 5) is 22.7. The van der Waals surface area contributed by atoms with Gasteiger partial charge in [-0.3, -0.25) is 9.59 Å². The molecule has 6 nitrogen and oxygen atoms in total. The first kappa shape index (κ1) is 18.7. The molecule has 2 N–H and O–H groups in total. The maximum Gasteiger partial charge on any atom is 0.416 e. The van der Waals surface area contributed by atoms with Gasteiger partial charge in [-0.05, 0) is 36.4 Å². The molecule has 1 heterocycles. The lowest BCUT2D eigenvalue weighted by molar-refractivity contribution is -0.137. The minimum Gasteiger partial charge on any atom is -0.325 e. The Labute approximate surface area is 145 Å². The molecule has 2 amide bonds. The molecule has 132 valence electrons. The summed E-state index contributed by atoms with van der Waals surface area (Å²) in [5.41, 5.74) is -0.514. The van der Waals surface area contributed by atoms with E-state index in [0.717, 1.165) is 23.9 Å². The van der Waals surface area contributed by atoms with Crippen molar-refractivity contribution in [3.8, 4) is 0 Å². The van der Waals surface area contributed by atoms with Gasteiger partial charge in [-0.25, -0.2) is 0 Å². The second-order valence-electron chi connectivity index (χ2n) is 4.85. The van der Waals surface area contributed by atoms with Gasteiger partial charge in [-0.15, -0.1) is 10.2 Å². The number of nitrogens with zero attached hydrogens (tertiary/aromatic N) is 2. The Balaban J connectivity index is 1.85. The number of benzene rings is 1. The SMILES string of the molecule is CC(=O)Nc1ccc(SCC(=O)Nc2ccc(C(F)(F)F)cc2)nn1. The molecular formula is C15H13F3N4O2S. The molecule has 0 radical (unpaired) electrons. The van der Waals surface area contributed by atoms with Crippen LogP contribution in [0.1, 0.15) is 12.5 Å². The predicted molar refractivity (Wildman–Crippen MR) is 87.1 cm³/mol. The minimum atomic E-state index is -4.42. The summed E-state index contributed by atoms with van der Waals surface area (Å²) in [6, 6.07) is 7.31. The van der Waals surface area contributed by atoms with Crippen molar-refractivity contribution < 1.29 is 22.8 Å². The molecule has 0 fully saturated rings. The highest BCUT2D eigenvalue weighted by Crippen LogP contribution is 2.29. The molecule has 0 aliphatic heterocycles. The molecule has 2 aromatic rings. The molecule has 0 unspecified atom stereocenters. The van der Waals surface area contributed by atoms with Crippen LogP contribution in [-0.4, -0.2) is 27.8 Å². The average molecular weight is 370 g/mol. The summed E-state index contributed by atoms with van der Waals surface area (Å²) in [5, 5.41) is 13.0. The minimum absolute atomic E-state index is 0.00911. The van der Waals surface area contributed by atoms with Crippen LogP contribution in [0.15, 0.2) is 41.4 Å². The van der Waals surface area contributed by atoms with Gasteiger partial charge >= 0.3 is 6.18 Å². The van der Waals surface area contributed by atoms with Gasteiger partial charge in [0.25, 0.3) is 0 Å². The van der Waals surface area contributed by atoms with E-state index in [2.05, 4.69) is 20.8 Å². The van der Waals surface area contributed by atoms with Crippen molar-refractivity contribution in [3.63, 3.8) is 0 Å². The third kappa shape index (κ3) is 6.07. The Bertz CT molecular complexity index is 749. The van der Waals surface area contributed by atoms with Crippen LogP contribution in [0.5, 0.6) is 0 Å². The van der Waals surface area contributed by atoms with Crippen LogP contribution in [0.2, 0.25) is 0 Å². The summed E-state index contributed by atoms with van der Waals surface area (Å²) >= 11 is 1.10. The molecule has 0 aliphatic carbocycles. The van der Waals surface area contributed by atoms with Crippen molar-refractivity contribution in [1.82, 2.24) is 10.2 Å². The first-order valence-corrected chi connectivity index (χ1v) is 7.94. The van der Waals surface area contributed by atoms with Crippen molar-refractivity contribution in [3.05, 3.63) is 42.0 Å². The molecule has 0 spiro atoms. The lowest BCUT2D eigenvalue weighted by Gasteiger charge is -2.08. The van der Waals surface area contributed by atoms with Crippen LogP contribution in [0, 0.1) is 0 Å². The van der Waals surface area contributed by atoms with Gasteiger partial charge in [-0.1, -0.05) is 11.8 Å². The molecule has 25 heavy (non-hydrogen) atoms. The first-order valence-electron chi connectivity index (χ1n) is 6.95. The normalized spacial score (nSPS) is 11.0. The number of rotatable bonds is 5. The maximum atomic E-state index is 12.5. The summed E-state index contributed by atoms with van der Waals surface area (Å²) in [6.45, 7) is 1.34. The van der Waals surface area contributed by atoms with E-state index in [1.165, 1.54) is 19.1 Å². The van der Waals surface area contributed by atoms with E-state index >= 15 is 0 Å². The fourth-order valence-electron chi connectivity index (χ4n) is 1.72. The molecule has 1 aromatic carbocycles. The molecule has 10 heteroatoms. The number of alkyl halides is 3. The second-order valence-corrected chi connectivity index (χ2v) is 5.85. The summed E-state index contributed by atoms with van der Waals surface area (Å²) in [5.74, 6) is -0.357. The van der Waals surface area contributed by atoms with Crippen molar-refractivity contribution >= 4 is 35.1 Å². The zero-order chi connectivity index (χ0) is 18.4. The molecule has 0 saturated carbocycles. The Hall–Kier alpha value is -2.62. The van der Waals surface area contributed by atoms with Crippen molar-refractivity contribution in [2.75, 3.05) is 16.4 Å². The van der Waals surface area contributed by atoms with E-state index in [0.29, 0.717) is 10.8 Å². The lowest BCUT2D eigenvalue weighted by atomic mass is 10.2. The van der Waals surface area contributed by atoms with Gasteiger partial charge in [0.05, 0.1) is 11.3 Å². The number of anilines is 2. The number of carbonyl (C=O) groups excluding carboxylic acids is 2. The van der Waals surface area contributed by atoms with Gasteiger partial charge in [-0.2, -0.15) is 13.2 Å². The van der Waals surface area contributed by atoms with Gasteiger partial charge in [0.15, 0.2) is 5.82 Å². The number of hydrogen-bond donors (Lipinski definition) is 2. The van der Waals surface area contributed by atoms with Gasteiger partial charge in [0, 0.05) is 12.6 Å². The largest absolute Gasteiger partial charge is 0.416 e. The Kier molecular flexibility index (Phi) is 5.97. The third-order valence-electron chi connectivity index (χ3n) is 2.79. The monoisotopic (exact) mass is 370 g/mol. The summed E-state index contributed by atoms with van der Waals surface area (Å²) < 4.78 is 37.4. The Morgan fingerprint density at radius 3 is 2.24 bits per heavy atom. The molecule has 2 rings (SSSR count). The Morgan fingerprint density at radius 2 is 1.72 bits per heavy atom. The smallest absolute Gasteiger partial charge is 0.325 e. The van der Waals surface area contributed by atoms with E-state index in [4.69, 9.17) is 0 Å². The molecule has 1 aromatic heterocycles. The zero-order valence-corrected chi connectivity index (χ0v) is 13.7. The highest BCUT2D eigenvalue weighted by Gasteiger charge is 2.29. The predicted octanol–water partition coefficient (Wildman–Crippen LogP) is 3.18. The van der Waals surface area contributed by atoms with Crippen LogP contribution in [-0.2, 0) is 15.8 Å². The molecule has 0 bridgehead atoms. The molecule has 0 saturated heterocycles. The number of halogens is 3. The summed E-state index contributed by atoms with van der Waals surface area (Å²) in [7, 11) is 0. The second kappa shape index (κ2) is 7.97. The van der Waals surface area contributed by atoms with Crippen molar-refractivity contribution in [2.45, 2.75) is 18.1 Å². The van der Waals surface area contributed by atoms with E-state index in [-0.39, 0.29) is 17.3 Å². The van der Waals surface area contributed by atoms with Gasteiger partial charge < -0.3 is 10.6 Å². The van der Waals surface area contributed by atoms with Gasteiger partial charge in [0.1, 0.15) is 5.03 Å². The maximum absolute atomic E-state index is 12.5. The molecule has 0 aliphatic rings. The number of nitrogens with one attached hydrogen (secondary N) is 2. The van der Waals surface area contributed by atoms with Crippen LogP contribution in [0.4, 0.5) is 24.7 Å². The fraction of sp³-hybridized carbons (Fsp3) is 0.200. The summed E-state index contributed by atoms with van der Waals surface area (Å²) in [6.07, 6.45) is -4.42. The van der Waals surface area contributed by atoms with Crippen LogP contribution in [0.25, 0.3) is 0 Å². The van der Waals surface area contributed by atoms with Crippen molar-refractivity contribution in [1.29, 1.82) is 0 Å². The number of hydrogen-bond acceptors (Lipinski definition) is 5. The standard InChI is InChI=1S/C15H13F3N4O2S/c1-9(23)19-12-6-7-14(22-21-12)25-8-13(24)20-11-4-2-10(3-5-11)15(16,17)18/h2-7H,8H2,1H3,(H,20,24)(H,19,21,23). The van der Waals surface area contributed by atoms with E-state index < -0.39 is 17.6 Å². The van der Waals surface area contributed by atoms with E-state index in [9.17, 15) is 22.8 Å². The average Bonchev–Trinajstić information content (AvgIpc) is 2.53. The van der Waals surface area contributed by atoms with Crippen molar-refractivity contribution in [2.24, 2.45) is 0 Å². The molecular weight excluding hydrogens is 357 g/mol. The van der Waals surface area contributed by atoms with Gasteiger partial charge in [0.2, 0.25) is 11.8 Å². The fourth-order valence-corrected chi connectivity index (χ4v) is 2.34. The number of carbonyl (C=O) groups is 2. The zero-order valence-electron chi connectivity index (χ0n) is 12.9. The number of aromatic nitrogens is 2. The van der Waals surface area contributed by atoms with E-state index in [1.807, 2.05) is 0 Å². The number of amides is 2. The lowest BCUT2D eigenvalue weighted by Crippen LogP contribution is -2.14. The highest BCUT2D eigenvalue weighted by molar-refractivity contribution is 7.99. The van der Waals surface area contributed by atoms with E-state index in [1.54, 1.807) is 12.1 Å². The van der Waals surface area contributed by atoms with Crippen LogP contribution < -0.4 is 10.6 Å². The van der Waals surface area contributed by atoms with Crippen LogP contribution >= 0.6 is 11.8 Å². The quantitative estimate of drug-likeness (QED) is 0.790. The van der Waals surface area contributed by atoms with Crippen LogP contribution in [0.3, 0.4) is 0 Å². The topological polar surface area (TPSA) is 84.0 Å². The third-order valence-corrected chi connectivity index (χ3v) is 3.71. The highest BCUT2D eigenvalue weighted by atomic mass is 32.2. The molecule has 0 atom stereocenters.